The lowest BCUT2D eigenvalue weighted by molar-refractivity contribution is -0.697. The van der Waals surface area contributed by atoms with Crippen molar-refractivity contribution in [3.05, 3.63) is 88.2 Å². The number of aryl methyl sites for hydroxylation is 2. The van der Waals surface area contributed by atoms with E-state index in [1.807, 2.05) is 85.3 Å². The van der Waals surface area contributed by atoms with Crippen LogP contribution in [0.5, 0.6) is 0 Å². The van der Waals surface area contributed by atoms with Crippen LogP contribution in [0, 0.1) is 13.8 Å². The van der Waals surface area contributed by atoms with Gasteiger partial charge in [0.2, 0.25) is 17.8 Å². The van der Waals surface area contributed by atoms with Crippen LogP contribution in [-0.4, -0.2) is 11.8 Å². The van der Waals surface area contributed by atoms with Gasteiger partial charge in [0.05, 0.1) is 0 Å². The number of nitrogens with one attached hydrogen (secondary N) is 1. The Kier molecular flexibility index (Phi) is 5.20. The van der Waals surface area contributed by atoms with E-state index in [1.165, 1.54) is 0 Å². The van der Waals surface area contributed by atoms with Crippen molar-refractivity contribution in [1.29, 1.82) is 0 Å². The monoisotopic (exact) mass is 464 g/mol. The lowest BCUT2D eigenvalue weighted by Crippen LogP contribution is -2.67. The first-order valence-corrected chi connectivity index (χ1v) is 10.6. The van der Waals surface area contributed by atoms with Crippen molar-refractivity contribution >= 4 is 39.1 Å². The molecule has 1 atom stereocenters. The lowest BCUT2D eigenvalue weighted by Gasteiger charge is -2.40. The number of anilines is 2. The summed E-state index contributed by atoms with van der Waals surface area (Å²) in [4.78, 5) is 28.7. The molecule has 0 saturated carbocycles. The number of nitrogens with zero attached hydrogens (tertiary/aromatic N) is 2. The van der Waals surface area contributed by atoms with Gasteiger partial charge in [-0.25, -0.2) is 0 Å². The molecule has 0 fully saturated rings. The van der Waals surface area contributed by atoms with E-state index < -0.39 is 5.54 Å². The highest BCUT2D eigenvalue weighted by molar-refractivity contribution is 9.10. The molecular formula is C24H23BrN3O2+. The van der Waals surface area contributed by atoms with Crippen LogP contribution in [0.4, 0.5) is 11.4 Å². The molecule has 1 aromatic heterocycles. The topological polar surface area (TPSA) is 53.3 Å². The van der Waals surface area contributed by atoms with Gasteiger partial charge in [-0.05, 0) is 56.2 Å². The molecule has 1 aliphatic heterocycles. The summed E-state index contributed by atoms with van der Waals surface area (Å²) >= 11 is 3.44. The summed E-state index contributed by atoms with van der Waals surface area (Å²) in [5.41, 5.74) is 2.95. The lowest BCUT2D eigenvalue weighted by atomic mass is 9.89. The van der Waals surface area contributed by atoms with Gasteiger partial charge in [-0.2, -0.15) is 4.57 Å². The van der Waals surface area contributed by atoms with Gasteiger partial charge >= 0.3 is 0 Å². The summed E-state index contributed by atoms with van der Waals surface area (Å²) in [7, 11) is 0. The van der Waals surface area contributed by atoms with E-state index in [0.717, 1.165) is 27.0 Å². The maximum atomic E-state index is 13.8. The Morgan fingerprint density at radius 3 is 2.37 bits per heavy atom. The van der Waals surface area contributed by atoms with Crippen LogP contribution >= 0.6 is 15.9 Å². The number of halogens is 1. The van der Waals surface area contributed by atoms with Gasteiger partial charge in [-0.15, -0.1) is 0 Å². The summed E-state index contributed by atoms with van der Waals surface area (Å²) in [6, 6.07) is 19.0. The van der Waals surface area contributed by atoms with Crippen molar-refractivity contribution in [3.8, 4) is 0 Å². The van der Waals surface area contributed by atoms with Crippen LogP contribution < -0.4 is 14.8 Å². The minimum absolute atomic E-state index is 0.139. The molecule has 0 unspecified atom stereocenters. The number of carbonyl (C=O) groups is 2. The highest BCUT2D eigenvalue weighted by Crippen LogP contribution is 2.36. The number of hydrogen-bond acceptors (Lipinski definition) is 2. The van der Waals surface area contributed by atoms with E-state index >= 15 is 0 Å². The van der Waals surface area contributed by atoms with Crippen LogP contribution in [0.25, 0.3) is 0 Å². The van der Waals surface area contributed by atoms with Crippen LogP contribution in [0.15, 0.2) is 71.3 Å². The number of fused-ring (bicyclic) bond motifs is 1. The number of rotatable bonds is 3. The summed E-state index contributed by atoms with van der Waals surface area (Å²) in [6.45, 7) is 5.91. The molecule has 0 saturated heterocycles. The largest absolute Gasteiger partial charge is 0.323 e. The molecule has 2 amide bonds. The predicted octanol–water partition coefficient (Wildman–Crippen LogP) is 4.25. The predicted molar refractivity (Wildman–Crippen MR) is 120 cm³/mol. The first-order chi connectivity index (χ1) is 14.3. The summed E-state index contributed by atoms with van der Waals surface area (Å²) in [6.07, 6.45) is 1.84. The van der Waals surface area contributed by atoms with Crippen LogP contribution in [0.3, 0.4) is 0 Å². The number of aromatic nitrogens is 1. The fourth-order valence-corrected chi connectivity index (χ4v) is 4.36. The van der Waals surface area contributed by atoms with E-state index in [1.54, 1.807) is 11.8 Å². The van der Waals surface area contributed by atoms with Gasteiger partial charge < -0.3 is 5.32 Å². The molecule has 0 radical (unpaired) electrons. The zero-order valence-corrected chi connectivity index (χ0v) is 18.7. The zero-order chi connectivity index (χ0) is 21.5. The SMILES string of the molecule is Cc1cccc(C)c1NC(=O)[C@@]1(C)c2cccc[n+]2CC(=O)N1c1ccc(Br)cc1. The van der Waals surface area contributed by atoms with E-state index in [2.05, 4.69) is 21.2 Å². The van der Waals surface area contributed by atoms with Gasteiger partial charge in [-0.3, -0.25) is 14.5 Å². The maximum Gasteiger partial charge on any atom is 0.294 e. The maximum absolute atomic E-state index is 13.8. The third-order valence-electron chi connectivity index (χ3n) is 5.69. The quantitative estimate of drug-likeness (QED) is 0.588. The third kappa shape index (κ3) is 3.31. The average Bonchev–Trinajstić information content (AvgIpc) is 2.72. The second kappa shape index (κ2) is 7.69. The Balaban J connectivity index is 1.87. The van der Waals surface area contributed by atoms with Gasteiger partial charge in [0, 0.05) is 28.0 Å². The molecule has 2 heterocycles. The van der Waals surface area contributed by atoms with Crippen LogP contribution in [0.1, 0.15) is 23.7 Å². The minimum atomic E-state index is -1.22. The highest BCUT2D eigenvalue weighted by Gasteiger charge is 2.54. The average molecular weight is 465 g/mol. The number of para-hydroxylation sites is 1. The smallest absolute Gasteiger partial charge is 0.294 e. The summed E-state index contributed by atoms with van der Waals surface area (Å²) in [5, 5.41) is 3.11. The molecular weight excluding hydrogens is 442 g/mol. The second-order valence-electron chi connectivity index (χ2n) is 7.71. The van der Waals surface area contributed by atoms with E-state index in [4.69, 9.17) is 0 Å². The number of pyridine rings is 1. The van der Waals surface area contributed by atoms with Gasteiger partial charge in [0.15, 0.2) is 6.20 Å². The zero-order valence-electron chi connectivity index (χ0n) is 17.1. The molecule has 6 heteroatoms. The molecule has 5 nitrogen and oxygen atoms in total. The summed E-state index contributed by atoms with van der Waals surface area (Å²) < 4.78 is 2.76. The summed E-state index contributed by atoms with van der Waals surface area (Å²) in [5.74, 6) is -0.393. The number of benzene rings is 2. The molecule has 0 bridgehead atoms. The van der Waals surface area contributed by atoms with Gasteiger partial charge in [0.1, 0.15) is 0 Å². The number of amides is 2. The van der Waals surface area contributed by atoms with E-state index in [-0.39, 0.29) is 18.4 Å². The molecule has 30 heavy (non-hydrogen) atoms. The minimum Gasteiger partial charge on any atom is -0.323 e. The second-order valence-corrected chi connectivity index (χ2v) is 8.63. The van der Waals surface area contributed by atoms with E-state index in [0.29, 0.717) is 5.69 Å². The molecule has 4 rings (SSSR count). The highest BCUT2D eigenvalue weighted by atomic mass is 79.9. The Bertz CT molecular complexity index is 1120. The fourth-order valence-electron chi connectivity index (χ4n) is 4.09. The molecule has 0 spiro atoms. The standard InChI is InChI=1S/C24H22BrN3O2/c1-16-7-6-8-17(2)22(16)26-23(30)24(3)20-9-4-5-14-27(20)15-21(29)28(24)19-12-10-18(25)11-13-19/h4-14H,15H2,1-3H3/p+1/t24-/m1/s1. The van der Waals surface area contributed by atoms with Gasteiger partial charge in [-0.1, -0.05) is 40.2 Å². The Morgan fingerprint density at radius 1 is 1.03 bits per heavy atom. The Labute approximate surface area is 184 Å². The molecule has 2 aromatic carbocycles. The molecule has 1 N–H and O–H groups in total. The van der Waals surface area contributed by atoms with Crippen molar-refractivity contribution < 1.29 is 14.2 Å². The molecule has 152 valence electrons. The Hall–Kier alpha value is -2.99. The van der Waals surface area contributed by atoms with E-state index in [9.17, 15) is 9.59 Å². The fraction of sp³-hybridized carbons (Fsp3) is 0.208. The van der Waals surface area contributed by atoms with Crippen LogP contribution in [-0.2, 0) is 21.7 Å². The number of carbonyl (C=O) groups excluding carboxylic acids is 2. The van der Waals surface area contributed by atoms with Crippen molar-refractivity contribution in [2.24, 2.45) is 0 Å². The third-order valence-corrected chi connectivity index (χ3v) is 6.22. The first-order valence-electron chi connectivity index (χ1n) is 9.77. The van der Waals surface area contributed by atoms with Crippen molar-refractivity contribution in [1.82, 2.24) is 0 Å². The normalized spacial score (nSPS) is 18.1. The molecule has 1 aliphatic rings. The first kappa shape index (κ1) is 20.3. The van der Waals surface area contributed by atoms with Crippen molar-refractivity contribution in [3.63, 3.8) is 0 Å². The van der Waals surface area contributed by atoms with Crippen molar-refractivity contribution in [2.45, 2.75) is 32.9 Å². The molecule has 0 aliphatic carbocycles. The van der Waals surface area contributed by atoms with Crippen LogP contribution in [0.2, 0.25) is 0 Å². The van der Waals surface area contributed by atoms with Crippen molar-refractivity contribution in [2.75, 3.05) is 10.2 Å². The molecule has 3 aromatic rings. The number of hydrogen-bond donors (Lipinski definition) is 1. The van der Waals surface area contributed by atoms with Gasteiger partial charge in [0.25, 0.3) is 11.8 Å². The Morgan fingerprint density at radius 2 is 1.70 bits per heavy atom.